The van der Waals surface area contributed by atoms with Crippen molar-refractivity contribution in [1.82, 2.24) is 0 Å². The van der Waals surface area contributed by atoms with Crippen LogP contribution in [0.1, 0.15) is 110 Å². The van der Waals surface area contributed by atoms with Gasteiger partial charge in [-0.2, -0.15) is 8.42 Å². The predicted molar refractivity (Wildman–Crippen MR) is 119 cm³/mol. The molecule has 0 bridgehead atoms. The molecule has 3 nitrogen and oxygen atoms in total. The Morgan fingerprint density at radius 2 is 1.39 bits per heavy atom. The molecule has 3 atom stereocenters. The standard InChI is InChI=1S/C24H42O3S/c1-5-7-14-22(6-2)15-9-8-11-20(3)12-10-13-21(4)23-16-18-24(19-17-23)28(25,26)27/h16-22H,5-15H2,1-4H3,(H,25,26,27). The fourth-order valence-corrected chi connectivity index (χ4v) is 4.50. The van der Waals surface area contributed by atoms with E-state index in [4.69, 9.17) is 4.55 Å². The molecule has 0 saturated heterocycles. The smallest absolute Gasteiger partial charge is 0.282 e. The molecule has 162 valence electrons. The van der Waals surface area contributed by atoms with E-state index in [9.17, 15) is 8.42 Å². The van der Waals surface area contributed by atoms with E-state index < -0.39 is 10.1 Å². The van der Waals surface area contributed by atoms with Gasteiger partial charge in [0.25, 0.3) is 10.1 Å². The number of unbranched alkanes of at least 4 members (excludes halogenated alkanes) is 2. The van der Waals surface area contributed by atoms with E-state index >= 15 is 0 Å². The summed E-state index contributed by atoms with van der Waals surface area (Å²) >= 11 is 0. The van der Waals surface area contributed by atoms with Crippen LogP contribution in [0.3, 0.4) is 0 Å². The summed E-state index contributed by atoms with van der Waals surface area (Å²) in [7, 11) is -4.10. The minimum absolute atomic E-state index is 0.0305. The summed E-state index contributed by atoms with van der Waals surface area (Å²) in [4.78, 5) is -0.0305. The fraction of sp³-hybridized carbons (Fsp3) is 0.750. The maximum Gasteiger partial charge on any atom is 0.294 e. The lowest BCUT2D eigenvalue weighted by atomic mass is 9.90. The van der Waals surface area contributed by atoms with Crippen LogP contribution >= 0.6 is 0 Å². The highest BCUT2D eigenvalue weighted by atomic mass is 32.2. The van der Waals surface area contributed by atoms with Gasteiger partial charge in [0.05, 0.1) is 4.90 Å². The molecule has 1 aromatic carbocycles. The van der Waals surface area contributed by atoms with Gasteiger partial charge in [-0.3, -0.25) is 4.55 Å². The van der Waals surface area contributed by atoms with Crippen LogP contribution in [-0.4, -0.2) is 13.0 Å². The largest absolute Gasteiger partial charge is 0.294 e. The number of hydrogen-bond donors (Lipinski definition) is 1. The Hall–Kier alpha value is -0.870. The van der Waals surface area contributed by atoms with Gasteiger partial charge in [-0.15, -0.1) is 0 Å². The summed E-state index contributed by atoms with van der Waals surface area (Å²) in [6.07, 6.45) is 14.5. The van der Waals surface area contributed by atoms with E-state index in [1.54, 1.807) is 0 Å². The molecule has 4 heteroatoms. The van der Waals surface area contributed by atoms with Gasteiger partial charge in [-0.25, -0.2) is 0 Å². The number of hydrogen-bond acceptors (Lipinski definition) is 2. The van der Waals surface area contributed by atoms with Crippen molar-refractivity contribution in [3.8, 4) is 0 Å². The summed E-state index contributed by atoms with van der Waals surface area (Å²) in [6, 6.07) is 6.63. The molecular formula is C24H42O3S. The van der Waals surface area contributed by atoms with Gasteiger partial charge < -0.3 is 0 Å². The zero-order valence-corrected chi connectivity index (χ0v) is 19.3. The Kier molecular flexibility index (Phi) is 12.0. The Labute approximate surface area is 174 Å². The van der Waals surface area contributed by atoms with Gasteiger partial charge in [0.1, 0.15) is 0 Å². The van der Waals surface area contributed by atoms with Crippen LogP contribution in [0, 0.1) is 11.8 Å². The first-order chi connectivity index (χ1) is 13.3. The molecule has 1 rings (SSSR count). The van der Waals surface area contributed by atoms with Crippen molar-refractivity contribution in [3.05, 3.63) is 29.8 Å². The SMILES string of the molecule is CCCCC(CC)CCCCC(C)CCCC(C)c1ccc(S(=O)(=O)O)cc1. The first-order valence-electron chi connectivity index (χ1n) is 11.3. The second-order valence-corrected chi connectivity index (χ2v) is 10.1. The molecule has 0 aliphatic carbocycles. The number of rotatable bonds is 15. The monoisotopic (exact) mass is 410 g/mol. The Morgan fingerprint density at radius 1 is 0.821 bits per heavy atom. The van der Waals surface area contributed by atoms with E-state index in [2.05, 4.69) is 27.7 Å². The second kappa shape index (κ2) is 13.4. The molecule has 0 aliphatic rings. The molecule has 0 amide bonds. The highest BCUT2D eigenvalue weighted by molar-refractivity contribution is 7.85. The van der Waals surface area contributed by atoms with Crippen molar-refractivity contribution in [2.75, 3.05) is 0 Å². The van der Waals surface area contributed by atoms with Crippen LogP contribution < -0.4 is 0 Å². The first kappa shape index (κ1) is 25.2. The molecular weight excluding hydrogens is 368 g/mol. The zero-order valence-electron chi connectivity index (χ0n) is 18.5. The topological polar surface area (TPSA) is 54.4 Å². The van der Waals surface area contributed by atoms with Crippen LogP contribution in [0.2, 0.25) is 0 Å². The second-order valence-electron chi connectivity index (χ2n) is 8.68. The quantitative estimate of drug-likeness (QED) is 0.239. The van der Waals surface area contributed by atoms with E-state index in [0.29, 0.717) is 5.92 Å². The maximum atomic E-state index is 11.1. The molecule has 28 heavy (non-hydrogen) atoms. The van der Waals surface area contributed by atoms with Crippen LogP contribution in [-0.2, 0) is 10.1 Å². The van der Waals surface area contributed by atoms with Crippen LogP contribution in [0.15, 0.2) is 29.2 Å². The van der Waals surface area contributed by atoms with Crippen molar-refractivity contribution >= 4 is 10.1 Å². The molecule has 1 N–H and O–H groups in total. The molecule has 0 heterocycles. The summed E-state index contributed by atoms with van der Waals surface area (Å²) in [6.45, 7) is 9.18. The van der Waals surface area contributed by atoms with E-state index in [0.717, 1.165) is 23.8 Å². The zero-order chi connectivity index (χ0) is 21.0. The van der Waals surface area contributed by atoms with Crippen molar-refractivity contribution < 1.29 is 13.0 Å². The molecule has 0 radical (unpaired) electrons. The Bertz CT molecular complexity index is 622. The molecule has 0 spiro atoms. The third kappa shape index (κ3) is 10.1. The lowest BCUT2D eigenvalue weighted by Crippen LogP contribution is -2.02. The first-order valence-corrected chi connectivity index (χ1v) is 12.8. The molecule has 0 fully saturated rings. The summed E-state index contributed by atoms with van der Waals surface area (Å²) in [5.41, 5.74) is 1.14. The van der Waals surface area contributed by atoms with Crippen LogP contribution in [0.5, 0.6) is 0 Å². The van der Waals surface area contributed by atoms with Crippen molar-refractivity contribution in [2.45, 2.75) is 109 Å². The maximum absolute atomic E-state index is 11.1. The highest BCUT2D eigenvalue weighted by Gasteiger charge is 2.12. The molecule has 1 aromatic rings. The van der Waals surface area contributed by atoms with Gasteiger partial charge >= 0.3 is 0 Å². The third-order valence-electron chi connectivity index (χ3n) is 6.18. The van der Waals surface area contributed by atoms with Gasteiger partial charge in [0.15, 0.2) is 0 Å². The van der Waals surface area contributed by atoms with E-state index in [1.807, 2.05) is 12.1 Å². The van der Waals surface area contributed by atoms with Crippen molar-refractivity contribution in [3.63, 3.8) is 0 Å². The van der Waals surface area contributed by atoms with Gasteiger partial charge in [0.2, 0.25) is 0 Å². The molecule has 0 saturated carbocycles. The predicted octanol–water partition coefficient (Wildman–Crippen LogP) is 7.62. The van der Waals surface area contributed by atoms with Gasteiger partial charge in [0, 0.05) is 0 Å². The lowest BCUT2D eigenvalue weighted by molar-refractivity contribution is 0.380. The highest BCUT2D eigenvalue weighted by Crippen LogP contribution is 2.26. The summed E-state index contributed by atoms with van der Waals surface area (Å²) in [5.74, 6) is 2.12. The van der Waals surface area contributed by atoms with Crippen molar-refractivity contribution in [1.29, 1.82) is 0 Å². The van der Waals surface area contributed by atoms with E-state index in [-0.39, 0.29) is 4.90 Å². The van der Waals surface area contributed by atoms with Crippen LogP contribution in [0.25, 0.3) is 0 Å². The minimum Gasteiger partial charge on any atom is -0.282 e. The Balaban J connectivity index is 2.22. The normalized spacial score (nSPS) is 15.3. The fourth-order valence-electron chi connectivity index (χ4n) is 4.02. The lowest BCUT2D eigenvalue weighted by Gasteiger charge is -2.16. The third-order valence-corrected chi connectivity index (χ3v) is 7.05. The summed E-state index contributed by atoms with van der Waals surface area (Å²) in [5, 5.41) is 0. The summed E-state index contributed by atoms with van der Waals surface area (Å²) < 4.78 is 31.3. The molecule has 0 aromatic heterocycles. The van der Waals surface area contributed by atoms with Gasteiger partial charge in [-0.1, -0.05) is 104 Å². The molecule has 3 unspecified atom stereocenters. The minimum atomic E-state index is -4.10. The molecule has 0 aliphatic heterocycles. The Morgan fingerprint density at radius 3 is 1.96 bits per heavy atom. The number of benzene rings is 1. The van der Waals surface area contributed by atoms with E-state index in [1.165, 1.54) is 76.3 Å². The van der Waals surface area contributed by atoms with Crippen LogP contribution in [0.4, 0.5) is 0 Å². The average molecular weight is 411 g/mol. The van der Waals surface area contributed by atoms with Crippen molar-refractivity contribution in [2.24, 2.45) is 11.8 Å². The average Bonchev–Trinajstić information content (AvgIpc) is 2.66. The van der Waals surface area contributed by atoms with Gasteiger partial charge in [-0.05, 0) is 41.9 Å².